The van der Waals surface area contributed by atoms with Crippen LogP contribution < -0.4 is 10.1 Å². The van der Waals surface area contributed by atoms with Gasteiger partial charge in [-0.2, -0.15) is 5.10 Å². The molecule has 29 heavy (non-hydrogen) atoms. The average Bonchev–Trinajstić information content (AvgIpc) is 3.26. The summed E-state index contributed by atoms with van der Waals surface area (Å²) in [5, 5.41) is 9.76. The minimum Gasteiger partial charge on any atom is -0.496 e. The lowest BCUT2D eigenvalue weighted by molar-refractivity contribution is -0.135. The molecule has 2 amide bonds. The van der Waals surface area contributed by atoms with Gasteiger partial charge in [0.05, 0.1) is 13.3 Å². The minimum atomic E-state index is 0.0220. The number of benzene rings is 1. The molecule has 1 fully saturated rings. The van der Waals surface area contributed by atoms with Gasteiger partial charge in [0.25, 0.3) is 0 Å². The van der Waals surface area contributed by atoms with Gasteiger partial charge in [0.1, 0.15) is 5.75 Å². The number of hydrogen-bond donors (Lipinski definition) is 2. The van der Waals surface area contributed by atoms with Crippen LogP contribution in [0.25, 0.3) is 0 Å². The Morgan fingerprint density at radius 1 is 1.24 bits per heavy atom. The molecule has 0 radical (unpaired) electrons. The lowest BCUT2D eigenvalue weighted by Crippen LogP contribution is -2.41. The number of carbonyl (C=O) groups is 2. The van der Waals surface area contributed by atoms with Crippen molar-refractivity contribution in [3.05, 3.63) is 47.8 Å². The van der Waals surface area contributed by atoms with E-state index in [1.165, 1.54) is 0 Å². The number of para-hydroxylation sites is 1. The average molecular weight is 399 g/mol. The Morgan fingerprint density at radius 2 is 2.00 bits per heavy atom. The minimum absolute atomic E-state index is 0.0220. The Morgan fingerprint density at radius 3 is 2.69 bits per heavy atom. The first kappa shape index (κ1) is 20.9. The van der Waals surface area contributed by atoms with Crippen molar-refractivity contribution in [2.75, 3.05) is 14.2 Å². The molecular formula is C22H30N4O3. The number of nitrogens with one attached hydrogen (secondary N) is 2. The predicted molar refractivity (Wildman–Crippen MR) is 110 cm³/mol. The van der Waals surface area contributed by atoms with E-state index in [9.17, 15) is 9.59 Å². The van der Waals surface area contributed by atoms with Gasteiger partial charge in [0, 0.05) is 43.7 Å². The Labute approximate surface area is 171 Å². The van der Waals surface area contributed by atoms with Crippen molar-refractivity contribution in [1.29, 1.82) is 0 Å². The van der Waals surface area contributed by atoms with Gasteiger partial charge in [0.2, 0.25) is 11.8 Å². The molecule has 0 atom stereocenters. The molecule has 2 N–H and O–H groups in total. The third kappa shape index (κ3) is 5.82. The third-order valence-electron chi connectivity index (χ3n) is 5.61. The van der Waals surface area contributed by atoms with Gasteiger partial charge in [-0.25, -0.2) is 0 Å². The Hall–Kier alpha value is -2.83. The summed E-state index contributed by atoms with van der Waals surface area (Å²) < 4.78 is 5.38. The molecule has 0 saturated heterocycles. The van der Waals surface area contributed by atoms with E-state index >= 15 is 0 Å². The Kier molecular flexibility index (Phi) is 7.27. The zero-order valence-electron chi connectivity index (χ0n) is 17.2. The highest BCUT2D eigenvalue weighted by Gasteiger charge is 2.29. The summed E-state index contributed by atoms with van der Waals surface area (Å²) in [5.74, 6) is 1.05. The Balaban J connectivity index is 1.42. The maximum atomic E-state index is 12.9. The molecule has 0 aliphatic heterocycles. The molecule has 156 valence electrons. The van der Waals surface area contributed by atoms with E-state index in [-0.39, 0.29) is 23.8 Å². The van der Waals surface area contributed by atoms with Gasteiger partial charge in [-0.3, -0.25) is 14.7 Å². The quantitative estimate of drug-likeness (QED) is 0.716. The second-order valence-corrected chi connectivity index (χ2v) is 7.73. The van der Waals surface area contributed by atoms with Crippen LogP contribution in [-0.2, 0) is 22.6 Å². The molecule has 1 saturated carbocycles. The highest BCUT2D eigenvalue weighted by molar-refractivity contribution is 5.79. The van der Waals surface area contributed by atoms with Crippen molar-refractivity contribution in [1.82, 2.24) is 20.4 Å². The lowest BCUT2D eigenvalue weighted by Gasteiger charge is -2.31. The molecule has 7 nitrogen and oxygen atoms in total. The van der Waals surface area contributed by atoms with E-state index in [0.717, 1.165) is 42.6 Å². The fraction of sp³-hybridized carbons (Fsp3) is 0.500. The molecule has 0 unspecified atom stereocenters. The largest absolute Gasteiger partial charge is 0.496 e. The molecule has 1 aromatic heterocycles. The van der Waals surface area contributed by atoms with Crippen LogP contribution in [0.1, 0.15) is 43.2 Å². The SMILES string of the molecule is COc1ccccc1CN(C)C(=O)C1CCC(NC(=O)CCc2cn[nH]c2)CC1. The molecule has 2 aromatic rings. The highest BCUT2D eigenvalue weighted by atomic mass is 16.5. The summed E-state index contributed by atoms with van der Waals surface area (Å²) in [6.07, 6.45) is 8.00. The second kappa shape index (κ2) is 10.1. The Bertz CT molecular complexity index is 798. The predicted octanol–water partition coefficient (Wildman–Crippen LogP) is 2.68. The molecule has 3 rings (SSSR count). The first-order valence-corrected chi connectivity index (χ1v) is 10.2. The highest BCUT2D eigenvalue weighted by Crippen LogP contribution is 2.27. The number of carbonyl (C=O) groups excluding carboxylic acids is 2. The topological polar surface area (TPSA) is 87.3 Å². The van der Waals surface area contributed by atoms with Crippen molar-refractivity contribution in [2.24, 2.45) is 5.92 Å². The zero-order valence-corrected chi connectivity index (χ0v) is 17.2. The number of methoxy groups -OCH3 is 1. The van der Waals surface area contributed by atoms with E-state index in [4.69, 9.17) is 4.74 Å². The van der Waals surface area contributed by atoms with Crippen LogP contribution >= 0.6 is 0 Å². The number of rotatable bonds is 8. The summed E-state index contributed by atoms with van der Waals surface area (Å²) in [5.41, 5.74) is 2.04. The normalized spacial score (nSPS) is 18.8. The van der Waals surface area contributed by atoms with Crippen molar-refractivity contribution in [2.45, 2.75) is 51.1 Å². The van der Waals surface area contributed by atoms with Gasteiger partial charge in [-0.1, -0.05) is 18.2 Å². The summed E-state index contributed by atoms with van der Waals surface area (Å²) in [7, 11) is 3.49. The molecule has 1 heterocycles. The summed E-state index contributed by atoms with van der Waals surface area (Å²) in [6, 6.07) is 7.94. The van der Waals surface area contributed by atoms with Crippen molar-refractivity contribution in [3.63, 3.8) is 0 Å². The van der Waals surface area contributed by atoms with E-state index in [1.807, 2.05) is 37.5 Å². The maximum absolute atomic E-state index is 12.9. The van der Waals surface area contributed by atoms with Crippen LogP contribution in [0.5, 0.6) is 5.75 Å². The third-order valence-corrected chi connectivity index (χ3v) is 5.61. The maximum Gasteiger partial charge on any atom is 0.225 e. The standard InChI is InChI=1S/C22H30N4O3/c1-26(15-18-5-3-4-6-20(18)29-2)22(28)17-8-10-19(11-9-17)25-21(27)12-7-16-13-23-24-14-16/h3-6,13-14,17,19H,7-12,15H2,1-2H3,(H,23,24)(H,25,27). The molecule has 0 bridgehead atoms. The fourth-order valence-electron chi connectivity index (χ4n) is 3.94. The van der Waals surface area contributed by atoms with Gasteiger partial charge < -0.3 is 15.0 Å². The zero-order chi connectivity index (χ0) is 20.6. The number of amides is 2. The summed E-state index contributed by atoms with van der Waals surface area (Å²) in [6.45, 7) is 0.535. The number of aromatic nitrogens is 2. The van der Waals surface area contributed by atoms with Crippen LogP contribution in [-0.4, -0.2) is 47.1 Å². The van der Waals surface area contributed by atoms with Crippen LogP contribution in [0.2, 0.25) is 0 Å². The second-order valence-electron chi connectivity index (χ2n) is 7.73. The molecule has 1 aromatic carbocycles. The van der Waals surface area contributed by atoms with Crippen molar-refractivity contribution >= 4 is 11.8 Å². The van der Waals surface area contributed by atoms with E-state index in [0.29, 0.717) is 19.4 Å². The molecule has 1 aliphatic rings. The number of H-pyrrole nitrogens is 1. The summed E-state index contributed by atoms with van der Waals surface area (Å²) >= 11 is 0. The van der Waals surface area contributed by atoms with Gasteiger partial charge in [-0.05, 0) is 43.7 Å². The molecule has 0 spiro atoms. The number of ether oxygens (including phenoxy) is 1. The monoisotopic (exact) mass is 398 g/mol. The van der Waals surface area contributed by atoms with Gasteiger partial charge >= 0.3 is 0 Å². The van der Waals surface area contributed by atoms with E-state index < -0.39 is 0 Å². The van der Waals surface area contributed by atoms with Crippen LogP contribution in [0, 0.1) is 5.92 Å². The van der Waals surface area contributed by atoms with Crippen LogP contribution in [0.3, 0.4) is 0 Å². The van der Waals surface area contributed by atoms with Crippen LogP contribution in [0.15, 0.2) is 36.7 Å². The molecule has 1 aliphatic carbocycles. The first-order chi connectivity index (χ1) is 14.1. The van der Waals surface area contributed by atoms with Gasteiger partial charge in [-0.15, -0.1) is 0 Å². The number of hydrogen-bond acceptors (Lipinski definition) is 4. The summed E-state index contributed by atoms with van der Waals surface area (Å²) in [4.78, 5) is 26.8. The van der Waals surface area contributed by atoms with Crippen LogP contribution in [0.4, 0.5) is 0 Å². The molecule has 7 heteroatoms. The number of aryl methyl sites for hydroxylation is 1. The fourth-order valence-corrected chi connectivity index (χ4v) is 3.94. The van der Waals surface area contributed by atoms with Gasteiger partial charge in [0.15, 0.2) is 0 Å². The van der Waals surface area contributed by atoms with E-state index in [2.05, 4.69) is 15.5 Å². The smallest absolute Gasteiger partial charge is 0.225 e. The van der Waals surface area contributed by atoms with E-state index in [1.54, 1.807) is 18.2 Å². The van der Waals surface area contributed by atoms with Crippen molar-refractivity contribution in [3.8, 4) is 5.75 Å². The van der Waals surface area contributed by atoms with Crippen molar-refractivity contribution < 1.29 is 14.3 Å². The first-order valence-electron chi connectivity index (χ1n) is 10.2. The molecular weight excluding hydrogens is 368 g/mol. The number of nitrogens with zero attached hydrogens (tertiary/aromatic N) is 2. The number of aromatic amines is 1. The lowest BCUT2D eigenvalue weighted by atomic mass is 9.85.